The van der Waals surface area contributed by atoms with E-state index in [2.05, 4.69) is 24.1 Å². The molecule has 1 aromatic rings. The summed E-state index contributed by atoms with van der Waals surface area (Å²) in [6.45, 7) is 8.56. The molecule has 1 aliphatic rings. The van der Waals surface area contributed by atoms with E-state index in [1.54, 1.807) is 12.1 Å². The molecule has 1 aromatic carbocycles. The van der Waals surface area contributed by atoms with Crippen molar-refractivity contribution in [2.75, 3.05) is 38.5 Å². The Hall–Kier alpha value is -1.59. The molecule has 2 rings (SSSR count). The van der Waals surface area contributed by atoms with Crippen LogP contribution in [0.4, 0.5) is 5.69 Å². The number of nitrogens with two attached hydrogens (primary N) is 1. The summed E-state index contributed by atoms with van der Waals surface area (Å²) in [5.74, 6) is 0.500. The van der Waals surface area contributed by atoms with Gasteiger partial charge < -0.3 is 15.8 Å². The summed E-state index contributed by atoms with van der Waals surface area (Å²) >= 11 is 0. The third kappa shape index (κ3) is 4.72. The van der Waals surface area contributed by atoms with Crippen LogP contribution in [0.15, 0.2) is 24.3 Å². The van der Waals surface area contributed by atoms with Crippen LogP contribution in [0.2, 0.25) is 0 Å². The Bertz CT molecular complexity index is 476. The highest BCUT2D eigenvalue weighted by molar-refractivity contribution is 5.99. The summed E-state index contributed by atoms with van der Waals surface area (Å²) < 4.78 is 5.72. The maximum atomic E-state index is 12.1. The summed E-state index contributed by atoms with van der Waals surface area (Å²) in [4.78, 5) is 14.5. The van der Waals surface area contributed by atoms with Gasteiger partial charge in [0.1, 0.15) is 0 Å². The van der Waals surface area contributed by atoms with Crippen LogP contribution in [0.1, 0.15) is 24.2 Å². The van der Waals surface area contributed by atoms with Crippen LogP contribution in [0.3, 0.4) is 0 Å². The molecule has 3 N–H and O–H groups in total. The number of para-hydroxylation sites is 1. The second-order valence-corrected chi connectivity index (χ2v) is 5.94. The molecule has 1 saturated heterocycles. The summed E-state index contributed by atoms with van der Waals surface area (Å²) in [5, 5.41) is 2.91. The SMILES string of the molecule is CC(C)CN1CCOC(CNC(=O)c2ccccc2N)C1. The van der Waals surface area contributed by atoms with Crippen molar-refractivity contribution in [1.82, 2.24) is 10.2 Å². The van der Waals surface area contributed by atoms with Gasteiger partial charge in [0.15, 0.2) is 0 Å². The Kier molecular flexibility index (Phi) is 5.59. The molecule has 21 heavy (non-hydrogen) atoms. The van der Waals surface area contributed by atoms with Crippen LogP contribution in [0, 0.1) is 5.92 Å². The third-order valence-electron chi connectivity index (χ3n) is 3.54. The highest BCUT2D eigenvalue weighted by Gasteiger charge is 2.21. The highest BCUT2D eigenvalue weighted by atomic mass is 16.5. The van der Waals surface area contributed by atoms with E-state index < -0.39 is 0 Å². The Morgan fingerprint density at radius 1 is 1.48 bits per heavy atom. The highest BCUT2D eigenvalue weighted by Crippen LogP contribution is 2.11. The van der Waals surface area contributed by atoms with E-state index in [0.717, 1.165) is 26.2 Å². The molecule has 0 radical (unpaired) electrons. The van der Waals surface area contributed by atoms with Gasteiger partial charge in [0.2, 0.25) is 0 Å². The van der Waals surface area contributed by atoms with Gasteiger partial charge in [-0.3, -0.25) is 9.69 Å². The number of carbonyl (C=O) groups excluding carboxylic acids is 1. The van der Waals surface area contributed by atoms with Crippen molar-refractivity contribution in [2.24, 2.45) is 5.92 Å². The minimum absolute atomic E-state index is 0.0476. The molecular formula is C16H25N3O2. The summed E-state index contributed by atoms with van der Waals surface area (Å²) in [7, 11) is 0. The first-order chi connectivity index (χ1) is 10.1. The van der Waals surface area contributed by atoms with Gasteiger partial charge in [-0.1, -0.05) is 26.0 Å². The number of ether oxygens (including phenoxy) is 1. The first-order valence-corrected chi connectivity index (χ1v) is 7.53. The topological polar surface area (TPSA) is 67.6 Å². The second kappa shape index (κ2) is 7.43. The van der Waals surface area contributed by atoms with Crippen molar-refractivity contribution < 1.29 is 9.53 Å². The number of morpholine rings is 1. The second-order valence-electron chi connectivity index (χ2n) is 5.94. The van der Waals surface area contributed by atoms with Gasteiger partial charge in [-0.05, 0) is 18.1 Å². The lowest BCUT2D eigenvalue weighted by Gasteiger charge is -2.34. The third-order valence-corrected chi connectivity index (χ3v) is 3.54. The van der Waals surface area contributed by atoms with Crippen molar-refractivity contribution in [3.8, 4) is 0 Å². The fourth-order valence-electron chi connectivity index (χ4n) is 2.59. The quantitative estimate of drug-likeness (QED) is 0.804. The van der Waals surface area contributed by atoms with Gasteiger partial charge in [0.25, 0.3) is 5.91 Å². The van der Waals surface area contributed by atoms with E-state index in [-0.39, 0.29) is 12.0 Å². The molecule has 1 aliphatic heterocycles. The number of amides is 1. The molecule has 0 bridgehead atoms. The number of carbonyl (C=O) groups is 1. The monoisotopic (exact) mass is 291 g/mol. The van der Waals surface area contributed by atoms with Crippen LogP contribution < -0.4 is 11.1 Å². The Labute approximate surface area is 126 Å². The number of nitrogen functional groups attached to an aromatic ring is 1. The van der Waals surface area contributed by atoms with Crippen molar-refractivity contribution in [3.63, 3.8) is 0 Å². The predicted octanol–water partition coefficient (Wildman–Crippen LogP) is 1.36. The van der Waals surface area contributed by atoms with E-state index >= 15 is 0 Å². The first-order valence-electron chi connectivity index (χ1n) is 7.53. The molecular weight excluding hydrogens is 266 g/mol. The van der Waals surface area contributed by atoms with E-state index in [9.17, 15) is 4.79 Å². The van der Waals surface area contributed by atoms with Crippen LogP contribution in [-0.4, -0.2) is 49.7 Å². The van der Waals surface area contributed by atoms with Crippen molar-refractivity contribution >= 4 is 11.6 Å². The average Bonchev–Trinajstić information content (AvgIpc) is 2.45. The van der Waals surface area contributed by atoms with Gasteiger partial charge >= 0.3 is 0 Å². The molecule has 5 nitrogen and oxygen atoms in total. The smallest absolute Gasteiger partial charge is 0.253 e. The van der Waals surface area contributed by atoms with Crippen molar-refractivity contribution in [3.05, 3.63) is 29.8 Å². The lowest BCUT2D eigenvalue weighted by atomic mass is 10.1. The molecule has 1 atom stereocenters. The van der Waals surface area contributed by atoms with Crippen LogP contribution in [-0.2, 0) is 4.74 Å². The largest absolute Gasteiger partial charge is 0.398 e. The number of benzene rings is 1. The van der Waals surface area contributed by atoms with E-state index in [1.807, 2.05) is 12.1 Å². The maximum absolute atomic E-state index is 12.1. The molecule has 1 heterocycles. The van der Waals surface area contributed by atoms with E-state index in [0.29, 0.717) is 23.7 Å². The average molecular weight is 291 g/mol. The summed E-state index contributed by atoms with van der Waals surface area (Å²) in [5.41, 5.74) is 6.83. The van der Waals surface area contributed by atoms with Crippen LogP contribution in [0.5, 0.6) is 0 Å². The lowest BCUT2D eigenvalue weighted by Crippen LogP contribution is -2.48. The van der Waals surface area contributed by atoms with Gasteiger partial charge in [-0.2, -0.15) is 0 Å². The molecule has 0 aromatic heterocycles. The zero-order valence-electron chi connectivity index (χ0n) is 12.8. The summed E-state index contributed by atoms with van der Waals surface area (Å²) in [6.07, 6.45) is 0.0476. The Morgan fingerprint density at radius 3 is 2.95 bits per heavy atom. The van der Waals surface area contributed by atoms with Crippen LogP contribution in [0.25, 0.3) is 0 Å². The Balaban J connectivity index is 1.82. The minimum Gasteiger partial charge on any atom is -0.398 e. The lowest BCUT2D eigenvalue weighted by molar-refractivity contribution is -0.0295. The number of anilines is 1. The fourth-order valence-corrected chi connectivity index (χ4v) is 2.59. The number of hydrogen-bond donors (Lipinski definition) is 2. The van der Waals surface area contributed by atoms with E-state index in [1.165, 1.54) is 0 Å². The standard InChI is InChI=1S/C16H25N3O2/c1-12(2)10-19-7-8-21-13(11-19)9-18-16(20)14-5-3-4-6-15(14)17/h3-6,12-13H,7-11,17H2,1-2H3,(H,18,20). The zero-order chi connectivity index (χ0) is 15.2. The maximum Gasteiger partial charge on any atom is 0.253 e. The number of hydrogen-bond acceptors (Lipinski definition) is 4. The number of nitrogens with one attached hydrogen (secondary N) is 1. The van der Waals surface area contributed by atoms with Gasteiger partial charge in [0, 0.05) is 31.9 Å². The molecule has 1 fully saturated rings. The molecule has 0 aliphatic carbocycles. The predicted molar refractivity (Wildman–Crippen MR) is 84.2 cm³/mol. The molecule has 0 saturated carbocycles. The van der Waals surface area contributed by atoms with Crippen LogP contribution >= 0.6 is 0 Å². The van der Waals surface area contributed by atoms with Gasteiger partial charge in [0.05, 0.1) is 18.3 Å². The number of nitrogens with zero attached hydrogens (tertiary/aromatic N) is 1. The molecule has 5 heteroatoms. The summed E-state index contributed by atoms with van der Waals surface area (Å²) in [6, 6.07) is 7.10. The van der Waals surface area contributed by atoms with Gasteiger partial charge in [-0.25, -0.2) is 0 Å². The normalized spacial score (nSPS) is 19.7. The van der Waals surface area contributed by atoms with Crippen molar-refractivity contribution in [1.29, 1.82) is 0 Å². The molecule has 1 unspecified atom stereocenters. The van der Waals surface area contributed by atoms with Gasteiger partial charge in [-0.15, -0.1) is 0 Å². The first kappa shape index (κ1) is 15.8. The number of rotatable bonds is 5. The zero-order valence-corrected chi connectivity index (χ0v) is 12.8. The van der Waals surface area contributed by atoms with Crippen molar-refractivity contribution in [2.45, 2.75) is 20.0 Å². The molecule has 116 valence electrons. The molecule has 0 spiro atoms. The minimum atomic E-state index is -0.141. The van der Waals surface area contributed by atoms with E-state index in [4.69, 9.17) is 10.5 Å². The molecule has 1 amide bonds. The fraction of sp³-hybridized carbons (Fsp3) is 0.562. The Morgan fingerprint density at radius 2 is 2.24 bits per heavy atom.